The lowest BCUT2D eigenvalue weighted by Gasteiger charge is -2.20. The Bertz CT molecular complexity index is 1480. The molecule has 4 aromatic rings. The summed E-state index contributed by atoms with van der Waals surface area (Å²) >= 11 is 0. The third-order valence-electron chi connectivity index (χ3n) is 5.93. The normalized spacial score (nSPS) is 12.1. The van der Waals surface area contributed by atoms with E-state index >= 15 is 0 Å². The maximum absolute atomic E-state index is 13.3. The van der Waals surface area contributed by atoms with Crippen LogP contribution < -0.4 is 10.6 Å². The van der Waals surface area contributed by atoms with Gasteiger partial charge in [0, 0.05) is 19.0 Å². The second-order valence-corrected chi connectivity index (χ2v) is 11.6. The van der Waals surface area contributed by atoms with Crippen LogP contribution in [0.3, 0.4) is 0 Å². The molecular weight excluding hydrogens is 468 g/mol. The van der Waals surface area contributed by atoms with Gasteiger partial charge in [-0.15, -0.1) is 5.10 Å². The number of carbonyl (C=O) groups excluding carboxylic acids is 2. The number of nitrogens with one attached hydrogen (secondary N) is 2. The molecular formula is C28H34N6O3. The van der Waals surface area contributed by atoms with Gasteiger partial charge < -0.3 is 15.1 Å². The molecule has 2 aromatic heterocycles. The molecule has 2 aromatic carbocycles. The number of aryl methyl sites for hydroxylation is 2. The average molecular weight is 503 g/mol. The van der Waals surface area contributed by atoms with Crippen molar-refractivity contribution in [3.05, 3.63) is 64.8 Å². The molecule has 0 spiro atoms. The predicted octanol–water partition coefficient (Wildman–Crippen LogP) is 5.35. The molecule has 0 aliphatic rings. The average Bonchev–Trinajstić information content (AvgIpc) is 3.43. The SMILES string of the molecule is Cc1nc2cc(C(C)(C)C)cc(NC(=O)c3ccc(C)c(-n4cc(C(=O)NCC(C)(C)C)nn4)c3)c2o1. The summed E-state index contributed by atoms with van der Waals surface area (Å²) < 4.78 is 7.31. The van der Waals surface area contributed by atoms with E-state index in [0.29, 0.717) is 40.5 Å². The third kappa shape index (κ3) is 5.87. The number of amides is 2. The Balaban J connectivity index is 1.62. The molecule has 0 saturated heterocycles. The number of oxazole rings is 1. The molecule has 0 unspecified atom stereocenters. The summed E-state index contributed by atoms with van der Waals surface area (Å²) in [6.07, 6.45) is 1.57. The van der Waals surface area contributed by atoms with Crippen molar-refractivity contribution in [3.8, 4) is 5.69 Å². The molecule has 0 radical (unpaired) electrons. The lowest BCUT2D eigenvalue weighted by Crippen LogP contribution is -2.32. The molecule has 0 saturated carbocycles. The van der Waals surface area contributed by atoms with E-state index in [4.69, 9.17) is 4.42 Å². The number of benzene rings is 2. The number of rotatable bonds is 5. The van der Waals surface area contributed by atoms with E-state index in [1.807, 2.05) is 45.9 Å². The molecule has 37 heavy (non-hydrogen) atoms. The van der Waals surface area contributed by atoms with Gasteiger partial charge in [-0.3, -0.25) is 9.59 Å². The van der Waals surface area contributed by atoms with Gasteiger partial charge in [0.05, 0.1) is 17.6 Å². The molecule has 0 aliphatic carbocycles. The van der Waals surface area contributed by atoms with Crippen molar-refractivity contribution in [2.45, 2.75) is 60.8 Å². The van der Waals surface area contributed by atoms with Crippen LogP contribution in [-0.4, -0.2) is 38.3 Å². The first-order valence-electron chi connectivity index (χ1n) is 12.3. The topological polar surface area (TPSA) is 115 Å². The van der Waals surface area contributed by atoms with Crippen molar-refractivity contribution in [2.24, 2.45) is 5.41 Å². The monoisotopic (exact) mass is 502 g/mol. The Labute approximate surface area is 216 Å². The first-order valence-corrected chi connectivity index (χ1v) is 12.3. The van der Waals surface area contributed by atoms with Gasteiger partial charge in [-0.2, -0.15) is 0 Å². The first-order chi connectivity index (χ1) is 17.2. The highest BCUT2D eigenvalue weighted by Crippen LogP contribution is 2.32. The van der Waals surface area contributed by atoms with E-state index in [9.17, 15) is 9.59 Å². The second-order valence-electron chi connectivity index (χ2n) is 11.6. The van der Waals surface area contributed by atoms with E-state index < -0.39 is 0 Å². The van der Waals surface area contributed by atoms with E-state index in [0.717, 1.165) is 11.1 Å². The van der Waals surface area contributed by atoms with Gasteiger partial charge in [0.25, 0.3) is 11.8 Å². The molecule has 4 rings (SSSR count). The number of fused-ring (bicyclic) bond motifs is 1. The van der Waals surface area contributed by atoms with E-state index in [1.165, 1.54) is 4.68 Å². The fraction of sp³-hybridized carbons (Fsp3) is 0.393. The minimum absolute atomic E-state index is 0.0493. The lowest BCUT2D eigenvalue weighted by molar-refractivity contribution is 0.0933. The second kappa shape index (κ2) is 9.46. The molecule has 2 amide bonds. The van der Waals surface area contributed by atoms with Crippen LogP contribution >= 0.6 is 0 Å². The van der Waals surface area contributed by atoms with Crippen LogP contribution in [0.1, 0.15) is 79.4 Å². The van der Waals surface area contributed by atoms with E-state index in [-0.39, 0.29) is 28.3 Å². The van der Waals surface area contributed by atoms with E-state index in [1.54, 1.807) is 25.3 Å². The maximum Gasteiger partial charge on any atom is 0.273 e. The van der Waals surface area contributed by atoms with Gasteiger partial charge in [-0.05, 0) is 53.1 Å². The Morgan fingerprint density at radius 3 is 2.41 bits per heavy atom. The number of nitrogens with zero attached hydrogens (tertiary/aromatic N) is 4. The summed E-state index contributed by atoms with van der Waals surface area (Å²) in [5.74, 6) is -0.0635. The van der Waals surface area contributed by atoms with Crippen molar-refractivity contribution >= 4 is 28.6 Å². The summed E-state index contributed by atoms with van der Waals surface area (Å²) in [7, 11) is 0. The van der Waals surface area contributed by atoms with Crippen molar-refractivity contribution in [1.29, 1.82) is 0 Å². The molecule has 194 valence electrons. The summed E-state index contributed by atoms with van der Waals surface area (Å²) in [4.78, 5) is 30.3. The number of hydrogen-bond acceptors (Lipinski definition) is 6. The van der Waals surface area contributed by atoms with Crippen molar-refractivity contribution in [3.63, 3.8) is 0 Å². The largest absolute Gasteiger partial charge is 0.439 e. The van der Waals surface area contributed by atoms with Crippen LogP contribution in [0, 0.1) is 19.3 Å². The zero-order chi connectivity index (χ0) is 27.1. The molecule has 2 heterocycles. The Morgan fingerprint density at radius 2 is 1.73 bits per heavy atom. The van der Waals surface area contributed by atoms with Gasteiger partial charge in [0.2, 0.25) is 0 Å². The van der Waals surface area contributed by atoms with Crippen molar-refractivity contribution in [2.75, 3.05) is 11.9 Å². The smallest absolute Gasteiger partial charge is 0.273 e. The molecule has 0 fully saturated rings. The van der Waals surface area contributed by atoms with E-state index in [2.05, 4.69) is 46.7 Å². The van der Waals surface area contributed by atoms with Crippen molar-refractivity contribution in [1.82, 2.24) is 25.3 Å². The lowest BCUT2D eigenvalue weighted by atomic mass is 9.86. The van der Waals surface area contributed by atoms with Crippen LogP contribution in [0.5, 0.6) is 0 Å². The van der Waals surface area contributed by atoms with Gasteiger partial charge in [-0.1, -0.05) is 52.8 Å². The fourth-order valence-corrected chi connectivity index (χ4v) is 3.78. The van der Waals surface area contributed by atoms with Gasteiger partial charge in [0.15, 0.2) is 17.2 Å². The summed E-state index contributed by atoms with van der Waals surface area (Å²) in [6.45, 7) is 16.6. The number of carbonyl (C=O) groups is 2. The number of aromatic nitrogens is 4. The first kappa shape index (κ1) is 26.1. The standard InChI is InChI=1S/C28H34N6O3/c1-16-9-10-18(11-23(16)34-14-22(32-33-34)26(36)29-15-27(3,4)5)25(35)31-21-13-19(28(6,7)8)12-20-24(21)37-17(2)30-20/h9-14H,15H2,1-8H3,(H,29,36)(H,31,35). The van der Waals surface area contributed by atoms with Crippen LogP contribution in [0.25, 0.3) is 16.8 Å². The predicted molar refractivity (Wildman–Crippen MR) is 143 cm³/mol. The highest BCUT2D eigenvalue weighted by molar-refractivity contribution is 6.08. The molecule has 9 heteroatoms. The Morgan fingerprint density at radius 1 is 1.00 bits per heavy atom. The van der Waals surface area contributed by atoms with Crippen LogP contribution in [0.15, 0.2) is 40.9 Å². The minimum atomic E-state index is -0.300. The van der Waals surface area contributed by atoms with Gasteiger partial charge >= 0.3 is 0 Å². The quantitative estimate of drug-likeness (QED) is 0.380. The highest BCUT2D eigenvalue weighted by atomic mass is 16.3. The number of hydrogen-bond donors (Lipinski definition) is 2. The van der Waals surface area contributed by atoms with Crippen LogP contribution in [0.2, 0.25) is 0 Å². The van der Waals surface area contributed by atoms with Gasteiger partial charge in [0.1, 0.15) is 5.52 Å². The molecule has 0 atom stereocenters. The molecule has 9 nitrogen and oxygen atoms in total. The summed E-state index contributed by atoms with van der Waals surface area (Å²) in [6, 6.07) is 9.24. The van der Waals surface area contributed by atoms with Crippen LogP contribution in [-0.2, 0) is 5.41 Å². The van der Waals surface area contributed by atoms with Crippen LogP contribution in [0.4, 0.5) is 5.69 Å². The van der Waals surface area contributed by atoms with Crippen molar-refractivity contribution < 1.29 is 14.0 Å². The fourth-order valence-electron chi connectivity index (χ4n) is 3.78. The third-order valence-corrected chi connectivity index (χ3v) is 5.93. The summed E-state index contributed by atoms with van der Waals surface area (Å²) in [5.41, 5.74) is 4.82. The molecule has 0 aliphatic heterocycles. The molecule has 0 bridgehead atoms. The maximum atomic E-state index is 13.3. The summed E-state index contributed by atoms with van der Waals surface area (Å²) in [5, 5.41) is 14.0. The zero-order valence-electron chi connectivity index (χ0n) is 22.7. The highest BCUT2D eigenvalue weighted by Gasteiger charge is 2.21. The minimum Gasteiger partial charge on any atom is -0.439 e. The Hall–Kier alpha value is -4.01. The number of anilines is 1. The molecule has 2 N–H and O–H groups in total. The zero-order valence-corrected chi connectivity index (χ0v) is 22.7. The Kier molecular flexibility index (Phi) is 6.66. The van der Waals surface area contributed by atoms with Gasteiger partial charge in [-0.25, -0.2) is 9.67 Å².